The summed E-state index contributed by atoms with van der Waals surface area (Å²) in [7, 11) is -1.09. The topological polar surface area (TPSA) is 147 Å². The minimum Gasteiger partial charge on any atom is -0.493 e. The van der Waals surface area contributed by atoms with Crippen LogP contribution in [0.4, 0.5) is 4.79 Å². The van der Waals surface area contributed by atoms with E-state index in [2.05, 4.69) is 15.2 Å². The van der Waals surface area contributed by atoms with E-state index in [0.717, 1.165) is 49.2 Å². The van der Waals surface area contributed by atoms with Gasteiger partial charge in [0.2, 0.25) is 10.0 Å². The van der Waals surface area contributed by atoms with E-state index < -0.39 is 40.3 Å². The van der Waals surface area contributed by atoms with Crippen molar-refractivity contribution in [2.24, 2.45) is 5.92 Å². The van der Waals surface area contributed by atoms with Crippen LogP contribution in [0.2, 0.25) is 10.0 Å². The molecule has 4 fully saturated rings. The van der Waals surface area contributed by atoms with E-state index in [4.69, 9.17) is 46.9 Å². The molecule has 0 spiro atoms. The van der Waals surface area contributed by atoms with Crippen molar-refractivity contribution in [3.63, 3.8) is 0 Å². The fourth-order valence-electron chi connectivity index (χ4n) is 8.80. The molecule has 4 aliphatic heterocycles. The third-order valence-corrected chi connectivity index (χ3v) is 14.9. The first-order chi connectivity index (χ1) is 31.0. The number of hydrogen-bond donors (Lipinski definition) is 1. The number of nitrogens with zero attached hydrogens (tertiary/aromatic N) is 2. The number of alkyl carbamates (subject to hydrolysis) is 1. The third-order valence-electron chi connectivity index (χ3n) is 12.3. The molecule has 2 N–H and O–H groups in total. The summed E-state index contributed by atoms with van der Waals surface area (Å²) in [4.78, 5) is 32.6. The number of nitrogens with one attached hydrogen (secondary N) is 2. The zero-order valence-electron chi connectivity index (χ0n) is 35.6. The molecule has 2 bridgehead atoms. The maximum atomic E-state index is 14.1. The summed E-state index contributed by atoms with van der Waals surface area (Å²) in [6.45, 7) is 3.17. The minimum absolute atomic E-state index is 0.0374. The van der Waals surface area contributed by atoms with Crippen LogP contribution in [0, 0.1) is 5.92 Å². The van der Waals surface area contributed by atoms with Gasteiger partial charge in [0.25, 0.3) is 0 Å². The summed E-state index contributed by atoms with van der Waals surface area (Å²) in [5, 5.41) is 3.81. The minimum atomic E-state index is -4.11. The van der Waals surface area contributed by atoms with Gasteiger partial charge in [-0.25, -0.2) is 18.2 Å². The molecule has 0 aliphatic carbocycles. The number of methoxy groups -OCH3 is 2. The second-order valence-corrected chi connectivity index (χ2v) is 18.9. The standard InChI is InChI=1S/C48H50Cl2N4O9S/c1-59-42-18-15-34(25-44(42)60-2)43(26-38-39(49)27-51-28-40(38)50)62-47(55)41-12-7-21-54(41)64(57,58)37-16-13-31(14-17-37)30-61-36-11-6-10-35(24-36)46(33-8-4-3-5-9-33)52-48(56)63-45-29-53-22-19-32(45)20-23-53/h3-6,8-11,13-18,24-25,27-28,32,41,43,45-46H,7,12,19-23,26,29-30H2,1-2H3,(H,52,56)/p+1/t41-,43-,45-,46-/m0/s1. The lowest BCUT2D eigenvalue weighted by molar-refractivity contribution is -0.377. The van der Waals surface area contributed by atoms with Crippen molar-refractivity contribution in [3.05, 3.63) is 147 Å². The first kappa shape index (κ1) is 45.2. The fourth-order valence-corrected chi connectivity index (χ4v) is 11.0. The lowest BCUT2D eigenvalue weighted by Gasteiger charge is -2.43. The summed E-state index contributed by atoms with van der Waals surface area (Å²) < 4.78 is 58.8. The molecule has 4 atom stereocenters. The molecule has 9 rings (SSSR count). The van der Waals surface area contributed by atoms with Gasteiger partial charge in [-0.15, -0.1) is 0 Å². The number of sulfonamides is 1. The maximum absolute atomic E-state index is 14.1. The number of halogens is 2. The predicted molar refractivity (Wildman–Crippen MR) is 240 cm³/mol. The summed E-state index contributed by atoms with van der Waals surface area (Å²) in [6, 6.07) is 27.3. The quantitative estimate of drug-likeness (QED) is 0.0967. The zero-order chi connectivity index (χ0) is 44.8. The molecule has 64 heavy (non-hydrogen) atoms. The van der Waals surface area contributed by atoms with E-state index in [1.165, 1.54) is 30.7 Å². The molecule has 0 unspecified atom stereocenters. The Bertz CT molecular complexity index is 2520. The number of carbonyl (C=O) groups excluding carboxylic acids is 2. The molecule has 16 heteroatoms. The van der Waals surface area contributed by atoms with Gasteiger partial charge in [0.15, 0.2) is 23.9 Å². The first-order valence-electron chi connectivity index (χ1n) is 21.3. The Balaban J connectivity index is 0.933. The van der Waals surface area contributed by atoms with E-state index >= 15 is 0 Å². The van der Waals surface area contributed by atoms with Crippen molar-refractivity contribution in [1.29, 1.82) is 0 Å². The molecule has 4 aliphatic rings. The van der Waals surface area contributed by atoms with E-state index in [9.17, 15) is 18.0 Å². The van der Waals surface area contributed by atoms with Gasteiger partial charge in [0, 0.05) is 25.1 Å². The van der Waals surface area contributed by atoms with Crippen LogP contribution in [-0.4, -0.2) is 82.2 Å². The van der Waals surface area contributed by atoms with Crippen molar-refractivity contribution in [3.8, 4) is 17.2 Å². The Kier molecular flexibility index (Phi) is 14.3. The number of hydrogen-bond acceptors (Lipinski definition) is 10. The van der Waals surface area contributed by atoms with Gasteiger partial charge in [0.1, 0.15) is 40.7 Å². The highest BCUT2D eigenvalue weighted by Crippen LogP contribution is 2.37. The van der Waals surface area contributed by atoms with Crippen LogP contribution in [0.1, 0.15) is 65.6 Å². The predicted octanol–water partition coefficient (Wildman–Crippen LogP) is 7.99. The van der Waals surface area contributed by atoms with Gasteiger partial charge in [-0.3, -0.25) is 9.69 Å². The number of rotatable bonds is 16. The molecule has 5 heterocycles. The SMILES string of the molecule is COc1ccc([C@H](Cc2c(Cl)c[nH+]cc2Cl)OC(=O)[C@@H]2CCCN2S(=O)(=O)c2ccc(COc3cccc([C@@H](NC(=O)O[C@H]4CN5CCC4CC5)c4ccccc4)c3)cc2)cc1OC. The first-order valence-corrected chi connectivity index (χ1v) is 23.5. The number of ether oxygens (including phenoxy) is 5. The summed E-state index contributed by atoms with van der Waals surface area (Å²) in [6.07, 6.45) is 4.63. The van der Waals surface area contributed by atoms with Crippen molar-refractivity contribution < 1.29 is 46.7 Å². The average Bonchev–Trinajstić information content (AvgIpc) is 3.83. The number of esters is 1. The van der Waals surface area contributed by atoms with Crippen LogP contribution in [0.3, 0.4) is 0 Å². The molecule has 0 saturated carbocycles. The average molecular weight is 931 g/mol. The Hall–Kier alpha value is -5.38. The molecule has 336 valence electrons. The van der Waals surface area contributed by atoms with Gasteiger partial charge < -0.3 is 29.0 Å². The van der Waals surface area contributed by atoms with Crippen molar-refractivity contribution >= 4 is 45.3 Å². The van der Waals surface area contributed by atoms with Crippen molar-refractivity contribution in [2.45, 2.75) is 67.9 Å². The largest absolute Gasteiger partial charge is 0.493 e. The number of H-pyrrole nitrogens is 1. The van der Waals surface area contributed by atoms with Crippen LogP contribution in [0.15, 0.2) is 114 Å². The van der Waals surface area contributed by atoms with Crippen LogP contribution < -0.4 is 24.5 Å². The summed E-state index contributed by atoms with van der Waals surface area (Å²) in [5.74, 6) is 1.18. The molecular weight excluding hydrogens is 880 g/mol. The number of fused-ring (bicyclic) bond motifs is 3. The number of aromatic amines is 1. The number of pyridine rings is 1. The van der Waals surface area contributed by atoms with Gasteiger partial charge in [-0.2, -0.15) is 4.31 Å². The van der Waals surface area contributed by atoms with Crippen molar-refractivity contribution in [2.75, 3.05) is 40.4 Å². The Morgan fingerprint density at radius 3 is 2.22 bits per heavy atom. The molecular formula is C48H51Cl2N4O9S+. The normalized spacial score (nSPS) is 20.5. The summed E-state index contributed by atoms with van der Waals surface area (Å²) in [5.41, 5.74) is 3.57. The number of aromatic nitrogens is 1. The Labute approximate surface area is 383 Å². The van der Waals surface area contributed by atoms with E-state index in [1.54, 1.807) is 42.7 Å². The second-order valence-electron chi connectivity index (χ2n) is 16.2. The van der Waals surface area contributed by atoms with Crippen LogP contribution in [0.5, 0.6) is 17.2 Å². The fraction of sp³-hybridized carbons (Fsp3) is 0.354. The Morgan fingerprint density at radius 2 is 1.53 bits per heavy atom. The van der Waals surface area contributed by atoms with Crippen LogP contribution in [0.25, 0.3) is 0 Å². The molecule has 5 aromatic rings. The van der Waals surface area contributed by atoms with E-state index in [0.29, 0.717) is 50.8 Å². The number of piperidine rings is 3. The van der Waals surface area contributed by atoms with Crippen LogP contribution in [-0.2, 0) is 37.3 Å². The highest BCUT2D eigenvalue weighted by molar-refractivity contribution is 7.89. The smallest absolute Gasteiger partial charge is 0.408 e. The van der Waals surface area contributed by atoms with E-state index in [1.807, 2.05) is 54.6 Å². The zero-order valence-corrected chi connectivity index (χ0v) is 37.9. The molecule has 1 aromatic heterocycles. The molecule has 1 amide bonds. The van der Waals surface area contributed by atoms with Gasteiger partial charge in [-0.1, -0.05) is 83.9 Å². The van der Waals surface area contributed by atoms with Crippen LogP contribution >= 0.6 is 23.2 Å². The number of benzene rings is 4. The molecule has 4 saturated heterocycles. The third kappa shape index (κ3) is 10.3. The highest BCUT2D eigenvalue weighted by Gasteiger charge is 2.42. The molecule has 13 nitrogen and oxygen atoms in total. The lowest BCUT2D eigenvalue weighted by Crippen LogP contribution is -2.52. The highest BCUT2D eigenvalue weighted by atomic mass is 35.5. The van der Waals surface area contributed by atoms with Gasteiger partial charge >= 0.3 is 12.1 Å². The summed E-state index contributed by atoms with van der Waals surface area (Å²) >= 11 is 13.0. The van der Waals surface area contributed by atoms with Gasteiger partial charge in [0.05, 0.1) is 25.2 Å². The number of carbonyl (C=O) groups is 2. The monoisotopic (exact) mass is 929 g/mol. The number of amides is 1. The Morgan fingerprint density at radius 1 is 0.812 bits per heavy atom. The molecule has 4 aromatic carbocycles. The molecule has 0 radical (unpaired) electrons. The van der Waals surface area contributed by atoms with Gasteiger partial charge in [-0.05, 0) is 103 Å². The van der Waals surface area contributed by atoms with Crippen molar-refractivity contribution in [1.82, 2.24) is 14.5 Å². The second kappa shape index (κ2) is 20.2. The maximum Gasteiger partial charge on any atom is 0.408 e. The lowest BCUT2D eigenvalue weighted by atomic mass is 9.86. The van der Waals surface area contributed by atoms with E-state index in [-0.39, 0.29) is 37.0 Å².